The van der Waals surface area contributed by atoms with Gasteiger partial charge in [-0.1, -0.05) is 6.42 Å². The van der Waals surface area contributed by atoms with E-state index >= 15 is 0 Å². The zero-order valence-corrected chi connectivity index (χ0v) is 9.48. The normalized spacial score (nSPS) is 21.2. The molecular formula is C11H16N2OS. The van der Waals surface area contributed by atoms with E-state index in [0.29, 0.717) is 6.54 Å². The number of hydrogen-bond acceptors (Lipinski definition) is 2. The summed E-state index contributed by atoms with van der Waals surface area (Å²) >= 11 is 1.79. The summed E-state index contributed by atoms with van der Waals surface area (Å²) in [4.78, 5) is 14.7. The molecule has 1 saturated heterocycles. The molecule has 2 rings (SSSR count). The first-order valence-corrected chi connectivity index (χ1v) is 6.42. The maximum atomic E-state index is 11.8. The molecule has 1 amide bonds. The van der Waals surface area contributed by atoms with Crippen LogP contribution in [0, 0.1) is 0 Å². The van der Waals surface area contributed by atoms with Crippen LogP contribution in [0.3, 0.4) is 0 Å². The Bertz CT molecular complexity index is 304. The van der Waals surface area contributed by atoms with Crippen molar-refractivity contribution in [3.63, 3.8) is 0 Å². The highest BCUT2D eigenvalue weighted by Gasteiger charge is 2.21. The van der Waals surface area contributed by atoms with E-state index in [1.54, 1.807) is 11.8 Å². The molecule has 1 aliphatic heterocycles. The molecular weight excluding hydrogens is 208 g/mol. The van der Waals surface area contributed by atoms with Crippen LogP contribution in [-0.4, -0.2) is 21.9 Å². The molecule has 1 unspecified atom stereocenters. The van der Waals surface area contributed by atoms with Crippen molar-refractivity contribution in [2.45, 2.75) is 31.1 Å². The Morgan fingerprint density at radius 3 is 3.20 bits per heavy atom. The van der Waals surface area contributed by atoms with Crippen molar-refractivity contribution in [1.29, 1.82) is 0 Å². The summed E-state index contributed by atoms with van der Waals surface area (Å²) in [5.41, 5.74) is 1.13. The minimum atomic E-state index is 0.178. The van der Waals surface area contributed by atoms with Crippen molar-refractivity contribution in [3.8, 4) is 0 Å². The maximum absolute atomic E-state index is 11.8. The van der Waals surface area contributed by atoms with Crippen LogP contribution in [0.1, 0.15) is 24.8 Å². The molecule has 4 heteroatoms. The van der Waals surface area contributed by atoms with Gasteiger partial charge in [0.25, 0.3) is 0 Å². The van der Waals surface area contributed by atoms with E-state index < -0.39 is 0 Å². The van der Waals surface area contributed by atoms with Crippen LogP contribution in [0.2, 0.25) is 0 Å². The highest BCUT2D eigenvalue weighted by Crippen LogP contribution is 2.24. The largest absolute Gasteiger partial charge is 0.367 e. The maximum Gasteiger partial charge on any atom is 0.233 e. The molecule has 1 aromatic heterocycles. The Morgan fingerprint density at radius 1 is 1.60 bits per heavy atom. The SMILES string of the molecule is O=C(NCc1cc[nH]c1)C1CCCCS1. The molecule has 0 saturated carbocycles. The van der Waals surface area contributed by atoms with Crippen molar-refractivity contribution in [2.75, 3.05) is 5.75 Å². The lowest BCUT2D eigenvalue weighted by Gasteiger charge is -2.20. The first kappa shape index (κ1) is 10.6. The summed E-state index contributed by atoms with van der Waals surface area (Å²) in [6.45, 7) is 0.638. The molecule has 1 aromatic rings. The molecule has 2 N–H and O–H groups in total. The third-order valence-corrected chi connectivity index (χ3v) is 3.98. The summed E-state index contributed by atoms with van der Waals surface area (Å²) in [6, 6.07) is 1.98. The fourth-order valence-electron chi connectivity index (χ4n) is 1.72. The summed E-state index contributed by atoms with van der Waals surface area (Å²) in [5.74, 6) is 1.32. The number of hydrogen-bond donors (Lipinski definition) is 2. The zero-order chi connectivity index (χ0) is 10.5. The average molecular weight is 224 g/mol. The molecule has 3 nitrogen and oxygen atoms in total. The topological polar surface area (TPSA) is 44.9 Å². The Morgan fingerprint density at radius 2 is 2.53 bits per heavy atom. The van der Waals surface area contributed by atoms with Crippen LogP contribution in [-0.2, 0) is 11.3 Å². The predicted molar refractivity (Wildman–Crippen MR) is 62.7 cm³/mol. The van der Waals surface area contributed by atoms with Gasteiger partial charge in [0.2, 0.25) is 5.91 Å². The molecule has 15 heavy (non-hydrogen) atoms. The first-order chi connectivity index (χ1) is 7.36. The molecule has 0 spiro atoms. The molecule has 0 radical (unpaired) electrons. The van der Waals surface area contributed by atoms with E-state index in [1.165, 1.54) is 12.8 Å². The van der Waals surface area contributed by atoms with Gasteiger partial charge < -0.3 is 10.3 Å². The van der Waals surface area contributed by atoms with Crippen LogP contribution in [0.15, 0.2) is 18.5 Å². The molecule has 1 atom stereocenters. The Kier molecular flexibility index (Phi) is 3.72. The van der Waals surface area contributed by atoms with Crippen molar-refractivity contribution >= 4 is 17.7 Å². The van der Waals surface area contributed by atoms with Gasteiger partial charge in [0, 0.05) is 18.9 Å². The van der Waals surface area contributed by atoms with Gasteiger partial charge in [0.15, 0.2) is 0 Å². The smallest absolute Gasteiger partial charge is 0.233 e. The van der Waals surface area contributed by atoms with Gasteiger partial charge in [-0.15, -0.1) is 11.8 Å². The van der Waals surface area contributed by atoms with E-state index in [1.807, 2.05) is 18.5 Å². The Balaban J connectivity index is 1.76. The van der Waals surface area contributed by atoms with Crippen LogP contribution in [0.5, 0.6) is 0 Å². The van der Waals surface area contributed by atoms with Crippen molar-refractivity contribution in [3.05, 3.63) is 24.0 Å². The number of aromatic nitrogens is 1. The summed E-state index contributed by atoms with van der Waals surface area (Å²) in [6.07, 6.45) is 7.26. The van der Waals surface area contributed by atoms with E-state index in [-0.39, 0.29) is 11.2 Å². The molecule has 2 heterocycles. The summed E-state index contributed by atoms with van der Waals surface area (Å²) in [5, 5.41) is 3.15. The van der Waals surface area contributed by atoms with Crippen molar-refractivity contribution in [1.82, 2.24) is 10.3 Å². The van der Waals surface area contributed by atoms with Crippen LogP contribution in [0.4, 0.5) is 0 Å². The fourth-order valence-corrected chi connectivity index (χ4v) is 2.94. The lowest BCUT2D eigenvalue weighted by atomic mass is 10.2. The van der Waals surface area contributed by atoms with Crippen LogP contribution >= 0.6 is 11.8 Å². The standard InChI is InChI=1S/C11H16N2OS/c14-11(10-3-1-2-6-15-10)13-8-9-4-5-12-7-9/h4-5,7,10,12H,1-3,6,8H2,(H,13,14). The molecule has 1 aliphatic rings. The molecule has 82 valence electrons. The minimum Gasteiger partial charge on any atom is -0.367 e. The number of carbonyl (C=O) groups excluding carboxylic acids is 1. The number of thioether (sulfide) groups is 1. The van der Waals surface area contributed by atoms with Gasteiger partial charge in [-0.3, -0.25) is 4.79 Å². The van der Waals surface area contributed by atoms with Gasteiger partial charge in [-0.25, -0.2) is 0 Å². The Labute approximate surface area is 94.0 Å². The highest BCUT2D eigenvalue weighted by molar-refractivity contribution is 8.00. The third-order valence-electron chi connectivity index (χ3n) is 2.60. The fraction of sp³-hybridized carbons (Fsp3) is 0.545. The number of amides is 1. The molecule has 0 aromatic carbocycles. The van der Waals surface area contributed by atoms with E-state index in [9.17, 15) is 4.79 Å². The van der Waals surface area contributed by atoms with E-state index in [2.05, 4.69) is 10.3 Å². The lowest BCUT2D eigenvalue weighted by molar-refractivity contribution is -0.120. The Hall–Kier alpha value is -0.900. The predicted octanol–water partition coefficient (Wildman–Crippen LogP) is 1.92. The minimum absolute atomic E-state index is 0.178. The van der Waals surface area contributed by atoms with Gasteiger partial charge in [0.1, 0.15) is 0 Å². The van der Waals surface area contributed by atoms with Gasteiger partial charge in [0.05, 0.1) is 5.25 Å². The highest BCUT2D eigenvalue weighted by atomic mass is 32.2. The van der Waals surface area contributed by atoms with Crippen LogP contribution < -0.4 is 5.32 Å². The second-order valence-corrected chi connectivity index (χ2v) is 5.10. The van der Waals surface area contributed by atoms with Gasteiger partial charge in [-0.2, -0.15) is 0 Å². The zero-order valence-electron chi connectivity index (χ0n) is 8.66. The van der Waals surface area contributed by atoms with Crippen molar-refractivity contribution < 1.29 is 4.79 Å². The quantitative estimate of drug-likeness (QED) is 0.824. The second kappa shape index (κ2) is 5.26. The number of nitrogens with one attached hydrogen (secondary N) is 2. The number of H-pyrrole nitrogens is 1. The van der Waals surface area contributed by atoms with E-state index in [4.69, 9.17) is 0 Å². The van der Waals surface area contributed by atoms with E-state index in [0.717, 1.165) is 17.7 Å². The van der Waals surface area contributed by atoms with Gasteiger partial charge in [-0.05, 0) is 30.2 Å². The number of carbonyl (C=O) groups is 1. The summed E-state index contributed by atoms with van der Waals surface area (Å²) in [7, 11) is 0. The van der Waals surface area contributed by atoms with Gasteiger partial charge >= 0.3 is 0 Å². The summed E-state index contributed by atoms with van der Waals surface area (Å²) < 4.78 is 0. The monoisotopic (exact) mass is 224 g/mol. The lowest BCUT2D eigenvalue weighted by Crippen LogP contribution is -2.33. The molecule has 0 aliphatic carbocycles. The second-order valence-electron chi connectivity index (χ2n) is 3.79. The number of rotatable bonds is 3. The van der Waals surface area contributed by atoms with Crippen LogP contribution in [0.25, 0.3) is 0 Å². The molecule has 1 fully saturated rings. The van der Waals surface area contributed by atoms with Crippen molar-refractivity contribution in [2.24, 2.45) is 0 Å². The number of aromatic amines is 1. The third kappa shape index (κ3) is 3.02. The average Bonchev–Trinajstić information content (AvgIpc) is 2.80. The molecule has 0 bridgehead atoms. The first-order valence-electron chi connectivity index (χ1n) is 5.37.